The number of hydrogen-bond donors (Lipinski definition) is 1. The third-order valence-electron chi connectivity index (χ3n) is 3.19. The minimum Gasteiger partial charge on any atom is -0.507 e. The molecule has 2 rings (SSSR count). The van der Waals surface area contributed by atoms with Gasteiger partial charge in [0, 0.05) is 17.3 Å². The lowest BCUT2D eigenvalue weighted by Gasteiger charge is -2.20. The summed E-state index contributed by atoms with van der Waals surface area (Å²) in [4.78, 5) is 25.7. The van der Waals surface area contributed by atoms with Crippen LogP contribution in [0.4, 0.5) is 5.69 Å². The molecule has 0 aliphatic rings. The van der Waals surface area contributed by atoms with E-state index in [4.69, 9.17) is 16.3 Å². The van der Waals surface area contributed by atoms with Crippen molar-refractivity contribution in [3.63, 3.8) is 0 Å². The van der Waals surface area contributed by atoms with Crippen molar-refractivity contribution in [1.82, 2.24) is 0 Å². The van der Waals surface area contributed by atoms with E-state index in [2.05, 4.69) is 0 Å². The molecule has 1 amide bonds. The van der Waals surface area contributed by atoms with Gasteiger partial charge in [-0.3, -0.25) is 4.79 Å². The van der Waals surface area contributed by atoms with Gasteiger partial charge in [0.1, 0.15) is 11.3 Å². The first-order valence-corrected chi connectivity index (χ1v) is 7.41. The van der Waals surface area contributed by atoms with Gasteiger partial charge in [0.25, 0.3) is 5.91 Å². The maximum absolute atomic E-state index is 12.2. The van der Waals surface area contributed by atoms with Gasteiger partial charge in [-0.1, -0.05) is 29.8 Å². The number of carbonyl (C=O) groups is 2. The Labute approximate surface area is 139 Å². The third-order valence-corrected chi connectivity index (χ3v) is 3.43. The highest BCUT2D eigenvalue weighted by molar-refractivity contribution is 6.31. The van der Waals surface area contributed by atoms with Crippen LogP contribution in [0.25, 0.3) is 0 Å². The van der Waals surface area contributed by atoms with Crippen molar-refractivity contribution in [2.45, 2.75) is 6.92 Å². The van der Waals surface area contributed by atoms with Gasteiger partial charge < -0.3 is 14.7 Å². The number of esters is 1. The van der Waals surface area contributed by atoms with E-state index in [0.29, 0.717) is 11.6 Å². The summed E-state index contributed by atoms with van der Waals surface area (Å²) >= 11 is 5.78. The van der Waals surface area contributed by atoms with E-state index >= 15 is 0 Å². The Morgan fingerprint density at radius 1 is 1.17 bits per heavy atom. The van der Waals surface area contributed by atoms with Gasteiger partial charge in [0.05, 0.1) is 0 Å². The van der Waals surface area contributed by atoms with E-state index < -0.39 is 12.6 Å². The van der Waals surface area contributed by atoms with Gasteiger partial charge in [-0.2, -0.15) is 0 Å². The molecule has 0 spiro atoms. The number of para-hydroxylation sites is 1. The van der Waals surface area contributed by atoms with E-state index in [1.54, 1.807) is 12.1 Å². The van der Waals surface area contributed by atoms with Crippen molar-refractivity contribution in [3.05, 3.63) is 59.1 Å². The fraction of sp³-hybridized carbons (Fsp3) is 0.176. The van der Waals surface area contributed by atoms with Crippen molar-refractivity contribution in [1.29, 1.82) is 0 Å². The summed E-state index contributed by atoms with van der Waals surface area (Å²) in [5.41, 5.74) is 0.648. The standard InChI is InChI=1S/C17H16ClNO4/c1-2-19(13-6-4-3-5-7-13)16(21)11-23-17(22)14-10-12(18)8-9-15(14)20/h3-10,20H,2,11H2,1H3. The number of rotatable bonds is 5. The summed E-state index contributed by atoms with van der Waals surface area (Å²) < 4.78 is 4.98. The summed E-state index contributed by atoms with van der Waals surface area (Å²) in [6, 6.07) is 13.1. The highest BCUT2D eigenvalue weighted by atomic mass is 35.5. The predicted octanol–water partition coefficient (Wildman–Crippen LogP) is 3.26. The summed E-state index contributed by atoms with van der Waals surface area (Å²) in [6.07, 6.45) is 0. The first-order valence-electron chi connectivity index (χ1n) is 7.04. The minimum atomic E-state index is -0.803. The number of anilines is 1. The molecule has 0 unspecified atom stereocenters. The van der Waals surface area contributed by atoms with Crippen LogP contribution >= 0.6 is 11.6 Å². The Morgan fingerprint density at radius 3 is 2.52 bits per heavy atom. The van der Waals surface area contributed by atoms with Crippen molar-refractivity contribution in [2.75, 3.05) is 18.1 Å². The second-order valence-corrected chi connectivity index (χ2v) is 5.15. The van der Waals surface area contributed by atoms with Crippen LogP contribution in [0, 0.1) is 0 Å². The topological polar surface area (TPSA) is 66.8 Å². The molecular formula is C17H16ClNO4. The number of hydrogen-bond acceptors (Lipinski definition) is 4. The van der Waals surface area contributed by atoms with Crippen LogP contribution < -0.4 is 4.90 Å². The van der Waals surface area contributed by atoms with E-state index in [-0.39, 0.29) is 17.2 Å². The predicted molar refractivity (Wildman–Crippen MR) is 87.9 cm³/mol. The second-order valence-electron chi connectivity index (χ2n) is 4.71. The molecule has 120 valence electrons. The molecular weight excluding hydrogens is 318 g/mol. The van der Waals surface area contributed by atoms with Gasteiger partial charge in [0.2, 0.25) is 0 Å². The summed E-state index contributed by atoms with van der Waals surface area (Å²) in [5.74, 6) is -1.40. The molecule has 2 aromatic carbocycles. The molecule has 0 bridgehead atoms. The number of nitrogens with zero attached hydrogens (tertiary/aromatic N) is 1. The number of carbonyl (C=O) groups excluding carboxylic acids is 2. The van der Waals surface area contributed by atoms with Gasteiger partial charge in [-0.15, -0.1) is 0 Å². The summed E-state index contributed by atoms with van der Waals surface area (Å²) in [5, 5.41) is 9.94. The molecule has 0 heterocycles. The molecule has 0 fully saturated rings. The zero-order chi connectivity index (χ0) is 16.8. The van der Waals surface area contributed by atoms with E-state index in [1.165, 1.54) is 23.1 Å². The zero-order valence-corrected chi connectivity index (χ0v) is 13.3. The Morgan fingerprint density at radius 2 is 1.87 bits per heavy atom. The van der Waals surface area contributed by atoms with Crippen LogP contribution in [0.1, 0.15) is 17.3 Å². The number of ether oxygens (including phenoxy) is 1. The smallest absolute Gasteiger partial charge is 0.342 e. The van der Waals surface area contributed by atoms with E-state index in [9.17, 15) is 14.7 Å². The van der Waals surface area contributed by atoms with Gasteiger partial charge in [0.15, 0.2) is 6.61 Å². The van der Waals surface area contributed by atoms with Crippen molar-refractivity contribution >= 4 is 29.2 Å². The van der Waals surface area contributed by atoms with Crippen LogP contribution in [0.3, 0.4) is 0 Å². The monoisotopic (exact) mass is 333 g/mol. The first-order chi connectivity index (χ1) is 11.0. The van der Waals surface area contributed by atoms with Crippen LogP contribution in [-0.4, -0.2) is 30.1 Å². The molecule has 0 saturated carbocycles. The number of benzene rings is 2. The molecule has 0 aliphatic heterocycles. The highest BCUT2D eigenvalue weighted by Gasteiger charge is 2.18. The molecule has 0 radical (unpaired) electrons. The fourth-order valence-electron chi connectivity index (χ4n) is 2.07. The summed E-state index contributed by atoms with van der Waals surface area (Å²) in [6.45, 7) is 1.85. The highest BCUT2D eigenvalue weighted by Crippen LogP contribution is 2.22. The average Bonchev–Trinajstić information content (AvgIpc) is 2.56. The number of amides is 1. The van der Waals surface area contributed by atoms with Gasteiger partial charge in [-0.05, 0) is 37.3 Å². The third kappa shape index (κ3) is 4.23. The average molecular weight is 334 g/mol. The molecule has 6 heteroatoms. The first kappa shape index (κ1) is 16.8. The van der Waals surface area contributed by atoms with Gasteiger partial charge in [-0.25, -0.2) is 4.79 Å². The molecule has 0 aliphatic carbocycles. The van der Waals surface area contributed by atoms with E-state index in [0.717, 1.165) is 5.69 Å². The molecule has 1 N–H and O–H groups in total. The molecule has 0 saturated heterocycles. The number of aromatic hydroxyl groups is 1. The van der Waals surface area contributed by atoms with Crippen LogP contribution in [0.2, 0.25) is 5.02 Å². The SMILES string of the molecule is CCN(C(=O)COC(=O)c1cc(Cl)ccc1O)c1ccccc1. The second kappa shape index (κ2) is 7.65. The Bertz CT molecular complexity index is 703. The Kier molecular flexibility index (Phi) is 5.60. The fourth-order valence-corrected chi connectivity index (χ4v) is 2.24. The Hall–Kier alpha value is -2.53. The van der Waals surface area contributed by atoms with Crippen molar-refractivity contribution < 1.29 is 19.4 Å². The summed E-state index contributed by atoms with van der Waals surface area (Å²) in [7, 11) is 0. The van der Waals surface area contributed by atoms with Crippen LogP contribution in [0.5, 0.6) is 5.75 Å². The number of halogens is 1. The number of likely N-dealkylation sites (N-methyl/N-ethyl adjacent to an activating group) is 1. The van der Waals surface area contributed by atoms with Crippen LogP contribution in [-0.2, 0) is 9.53 Å². The normalized spacial score (nSPS) is 10.2. The zero-order valence-electron chi connectivity index (χ0n) is 12.5. The lowest BCUT2D eigenvalue weighted by atomic mass is 10.2. The molecule has 0 aromatic heterocycles. The van der Waals surface area contributed by atoms with Crippen LogP contribution in [0.15, 0.2) is 48.5 Å². The molecule has 2 aromatic rings. The molecule has 0 atom stereocenters. The molecule has 23 heavy (non-hydrogen) atoms. The largest absolute Gasteiger partial charge is 0.507 e. The Balaban J connectivity index is 2.03. The maximum Gasteiger partial charge on any atom is 0.342 e. The van der Waals surface area contributed by atoms with E-state index in [1.807, 2.05) is 25.1 Å². The van der Waals surface area contributed by atoms with Crippen molar-refractivity contribution in [2.24, 2.45) is 0 Å². The quantitative estimate of drug-likeness (QED) is 0.853. The lowest BCUT2D eigenvalue weighted by molar-refractivity contribution is -0.121. The van der Waals surface area contributed by atoms with Gasteiger partial charge >= 0.3 is 5.97 Å². The lowest BCUT2D eigenvalue weighted by Crippen LogP contribution is -2.34. The number of phenols is 1. The maximum atomic E-state index is 12.2. The van der Waals surface area contributed by atoms with Crippen molar-refractivity contribution in [3.8, 4) is 5.75 Å². The minimum absolute atomic E-state index is 0.0759. The molecule has 5 nitrogen and oxygen atoms in total. The number of phenolic OH excluding ortho intramolecular Hbond substituents is 1.